The van der Waals surface area contributed by atoms with Crippen molar-refractivity contribution in [3.05, 3.63) is 84.3 Å². The Bertz CT molecular complexity index is 1490. The van der Waals surface area contributed by atoms with Crippen molar-refractivity contribution in [1.29, 1.82) is 0 Å². The van der Waals surface area contributed by atoms with Crippen LogP contribution in [0.3, 0.4) is 0 Å². The van der Waals surface area contributed by atoms with Gasteiger partial charge >= 0.3 is 0 Å². The topological polar surface area (TPSA) is 91.7 Å². The molecule has 3 aromatic carbocycles. The van der Waals surface area contributed by atoms with Crippen molar-refractivity contribution in [3.8, 4) is 34.2 Å². The van der Waals surface area contributed by atoms with Crippen LogP contribution in [0.2, 0.25) is 0 Å². The molecule has 0 saturated carbocycles. The molecule has 0 atom stereocenters. The minimum atomic E-state index is -3.89. The number of benzene rings is 3. The lowest BCUT2D eigenvalue weighted by Crippen LogP contribution is -2.24. The summed E-state index contributed by atoms with van der Waals surface area (Å²) < 4.78 is 61.3. The van der Waals surface area contributed by atoms with Gasteiger partial charge in [-0.05, 0) is 49.4 Å². The van der Waals surface area contributed by atoms with Gasteiger partial charge in [0.2, 0.25) is 10.0 Å². The molecule has 1 N–H and O–H groups in total. The van der Waals surface area contributed by atoms with Crippen LogP contribution in [0.5, 0.6) is 17.2 Å². The summed E-state index contributed by atoms with van der Waals surface area (Å²) in [5, 5.41) is 4.64. The number of aromatic nitrogens is 2. The molecule has 2 heterocycles. The molecule has 0 aliphatic carbocycles. The lowest BCUT2D eigenvalue weighted by molar-refractivity contribution is 0.171. The number of halogens is 1. The Balaban J connectivity index is 1.47. The van der Waals surface area contributed by atoms with Gasteiger partial charge in [0.15, 0.2) is 23.1 Å². The smallest absolute Gasteiger partial charge is 0.241 e. The summed E-state index contributed by atoms with van der Waals surface area (Å²) in [5.41, 5.74) is 2.31. The van der Waals surface area contributed by atoms with E-state index in [9.17, 15) is 12.8 Å². The maximum Gasteiger partial charge on any atom is 0.241 e. The minimum Gasteiger partial charge on any atom is -0.491 e. The summed E-state index contributed by atoms with van der Waals surface area (Å²) in [7, 11) is -3.89. The first-order valence-corrected chi connectivity index (χ1v) is 12.9. The highest BCUT2D eigenvalue weighted by Crippen LogP contribution is 2.33. The molecule has 1 aliphatic rings. The molecule has 0 amide bonds. The number of nitrogens with zero attached hydrogens (tertiary/aromatic N) is 2. The van der Waals surface area contributed by atoms with Crippen LogP contribution >= 0.6 is 0 Å². The van der Waals surface area contributed by atoms with E-state index in [1.165, 1.54) is 18.2 Å². The Morgan fingerprint density at radius 3 is 2.56 bits per heavy atom. The molecule has 0 radical (unpaired) electrons. The minimum absolute atomic E-state index is 0.0517. The van der Waals surface area contributed by atoms with Crippen LogP contribution in [0.4, 0.5) is 4.39 Å². The fourth-order valence-corrected chi connectivity index (χ4v) is 4.88. The predicted octanol–water partition coefficient (Wildman–Crippen LogP) is 4.33. The Hall–Kier alpha value is -3.89. The number of sulfonamides is 1. The fraction of sp³-hybridized carbons (Fsp3) is 0.192. The zero-order valence-corrected chi connectivity index (χ0v) is 20.3. The van der Waals surface area contributed by atoms with E-state index in [4.69, 9.17) is 14.2 Å². The van der Waals surface area contributed by atoms with Crippen molar-refractivity contribution >= 4 is 10.0 Å². The zero-order chi connectivity index (χ0) is 25.1. The average molecular weight is 510 g/mol. The summed E-state index contributed by atoms with van der Waals surface area (Å²) in [4.78, 5) is 0.0517. The standard InChI is InChI=1S/C26H24FN3O5S/c1-2-33-23-10-8-18(14-22(23)27)26-19(17-30(29-26)20-6-4-3-5-7-20)16-28-36(31,32)21-9-11-24-25(15-21)35-13-12-34-24/h3-11,14-15,17,28H,2,12-13,16H2,1H3. The summed E-state index contributed by atoms with van der Waals surface area (Å²) in [6.07, 6.45) is 1.73. The number of para-hydroxylation sites is 1. The SMILES string of the molecule is CCOc1ccc(-c2nn(-c3ccccc3)cc2CNS(=O)(=O)c2ccc3c(c2)OCCO3)cc1F. The van der Waals surface area contributed by atoms with Gasteiger partial charge in [0.05, 0.1) is 22.9 Å². The molecule has 0 bridgehead atoms. The van der Waals surface area contributed by atoms with Gasteiger partial charge in [-0.25, -0.2) is 22.2 Å². The maximum absolute atomic E-state index is 14.6. The first-order chi connectivity index (χ1) is 17.4. The lowest BCUT2D eigenvalue weighted by Gasteiger charge is -2.18. The van der Waals surface area contributed by atoms with Gasteiger partial charge in [-0.3, -0.25) is 0 Å². The number of hydrogen-bond acceptors (Lipinski definition) is 6. The molecule has 8 nitrogen and oxygen atoms in total. The van der Waals surface area contributed by atoms with E-state index in [0.717, 1.165) is 5.69 Å². The van der Waals surface area contributed by atoms with E-state index in [2.05, 4.69) is 9.82 Å². The third-order valence-corrected chi connectivity index (χ3v) is 6.99. The quantitative estimate of drug-likeness (QED) is 0.380. The Morgan fingerprint density at radius 2 is 1.81 bits per heavy atom. The fourth-order valence-electron chi connectivity index (χ4n) is 3.86. The largest absolute Gasteiger partial charge is 0.491 e. The molecule has 5 rings (SSSR count). The Morgan fingerprint density at radius 1 is 1.03 bits per heavy atom. The van der Waals surface area contributed by atoms with Gasteiger partial charge in [-0.15, -0.1) is 0 Å². The third kappa shape index (κ3) is 4.91. The van der Waals surface area contributed by atoms with Crippen molar-refractivity contribution < 1.29 is 27.0 Å². The average Bonchev–Trinajstić information content (AvgIpc) is 3.33. The molecule has 10 heteroatoms. The van der Waals surface area contributed by atoms with Crippen LogP contribution in [0.15, 0.2) is 77.8 Å². The summed E-state index contributed by atoms with van der Waals surface area (Å²) in [5.74, 6) is 0.506. The summed E-state index contributed by atoms with van der Waals surface area (Å²) in [6.45, 7) is 2.82. The van der Waals surface area contributed by atoms with Gasteiger partial charge in [0.25, 0.3) is 0 Å². The number of nitrogens with one attached hydrogen (secondary N) is 1. The molecule has 36 heavy (non-hydrogen) atoms. The van der Waals surface area contributed by atoms with Gasteiger partial charge in [-0.2, -0.15) is 5.10 Å². The normalized spacial score (nSPS) is 12.9. The van der Waals surface area contributed by atoms with Gasteiger partial charge < -0.3 is 14.2 Å². The van der Waals surface area contributed by atoms with E-state index < -0.39 is 15.8 Å². The van der Waals surface area contributed by atoms with E-state index >= 15 is 0 Å². The second-order valence-corrected chi connectivity index (χ2v) is 9.76. The highest BCUT2D eigenvalue weighted by molar-refractivity contribution is 7.89. The summed E-state index contributed by atoms with van der Waals surface area (Å²) in [6, 6.07) is 18.4. The van der Waals surface area contributed by atoms with E-state index in [-0.39, 0.29) is 17.2 Å². The number of hydrogen-bond donors (Lipinski definition) is 1. The van der Waals surface area contributed by atoms with Crippen molar-refractivity contribution in [2.75, 3.05) is 19.8 Å². The van der Waals surface area contributed by atoms with Crippen molar-refractivity contribution in [2.24, 2.45) is 0 Å². The molecular formula is C26H24FN3O5S. The highest BCUT2D eigenvalue weighted by Gasteiger charge is 2.21. The zero-order valence-electron chi connectivity index (χ0n) is 19.5. The second-order valence-electron chi connectivity index (χ2n) is 7.99. The molecule has 4 aromatic rings. The van der Waals surface area contributed by atoms with E-state index in [0.29, 0.717) is 48.1 Å². The molecule has 186 valence electrons. The molecule has 1 aromatic heterocycles. The van der Waals surface area contributed by atoms with Gasteiger partial charge in [0.1, 0.15) is 13.2 Å². The second kappa shape index (κ2) is 10.00. The van der Waals surface area contributed by atoms with Crippen molar-refractivity contribution in [1.82, 2.24) is 14.5 Å². The lowest BCUT2D eigenvalue weighted by atomic mass is 10.1. The van der Waals surface area contributed by atoms with Crippen LogP contribution in [0.25, 0.3) is 16.9 Å². The van der Waals surface area contributed by atoms with Crippen LogP contribution in [-0.2, 0) is 16.6 Å². The van der Waals surface area contributed by atoms with Crippen LogP contribution < -0.4 is 18.9 Å². The monoisotopic (exact) mass is 509 g/mol. The van der Waals surface area contributed by atoms with Crippen molar-refractivity contribution in [3.63, 3.8) is 0 Å². The number of rotatable bonds is 8. The van der Waals surface area contributed by atoms with Crippen LogP contribution in [0, 0.1) is 5.82 Å². The maximum atomic E-state index is 14.6. The van der Waals surface area contributed by atoms with Gasteiger partial charge in [0, 0.05) is 29.9 Å². The third-order valence-electron chi connectivity index (χ3n) is 5.59. The van der Waals surface area contributed by atoms with E-state index in [1.807, 2.05) is 30.3 Å². The van der Waals surface area contributed by atoms with Crippen molar-refractivity contribution in [2.45, 2.75) is 18.4 Å². The number of ether oxygens (including phenoxy) is 3. The van der Waals surface area contributed by atoms with Crippen LogP contribution in [-0.4, -0.2) is 38.0 Å². The molecule has 0 spiro atoms. The molecule has 0 unspecified atom stereocenters. The van der Waals surface area contributed by atoms with Crippen LogP contribution in [0.1, 0.15) is 12.5 Å². The summed E-state index contributed by atoms with van der Waals surface area (Å²) >= 11 is 0. The molecular weight excluding hydrogens is 485 g/mol. The van der Waals surface area contributed by atoms with Gasteiger partial charge in [-0.1, -0.05) is 18.2 Å². The molecule has 0 saturated heterocycles. The Kier molecular flexibility index (Phi) is 6.62. The predicted molar refractivity (Wildman–Crippen MR) is 132 cm³/mol. The first kappa shape index (κ1) is 23.8. The highest BCUT2D eigenvalue weighted by atomic mass is 32.2. The first-order valence-electron chi connectivity index (χ1n) is 11.4. The Labute approximate surface area is 208 Å². The molecule has 0 fully saturated rings. The molecule has 1 aliphatic heterocycles. The van der Waals surface area contributed by atoms with E-state index in [1.54, 1.807) is 36.0 Å². The number of fused-ring (bicyclic) bond motifs is 1.